The number of nitrogens with one attached hydrogen (secondary N) is 2. The van der Waals surface area contributed by atoms with Crippen LogP contribution in [-0.4, -0.2) is 25.5 Å². The van der Waals surface area contributed by atoms with Crippen LogP contribution in [0, 0.1) is 5.41 Å². The number of anilines is 1. The maximum absolute atomic E-state index is 12.8. The van der Waals surface area contributed by atoms with Crippen molar-refractivity contribution in [3.63, 3.8) is 0 Å². The summed E-state index contributed by atoms with van der Waals surface area (Å²) in [7, 11) is 1.62. The van der Waals surface area contributed by atoms with Gasteiger partial charge in [0, 0.05) is 12.2 Å². The third kappa shape index (κ3) is 5.35. The summed E-state index contributed by atoms with van der Waals surface area (Å²) in [5, 5.41) is 5.79. The van der Waals surface area contributed by atoms with Gasteiger partial charge >= 0.3 is 0 Å². The van der Waals surface area contributed by atoms with Gasteiger partial charge in [-0.05, 0) is 55.5 Å². The van der Waals surface area contributed by atoms with E-state index in [4.69, 9.17) is 4.74 Å². The number of hydrogen-bond acceptors (Lipinski definition) is 3. The van der Waals surface area contributed by atoms with Crippen LogP contribution in [0.4, 0.5) is 5.69 Å². The predicted molar refractivity (Wildman–Crippen MR) is 113 cm³/mol. The Kier molecular flexibility index (Phi) is 7.21. The molecule has 5 heteroatoms. The Morgan fingerprint density at radius 1 is 1.04 bits per heavy atom. The van der Waals surface area contributed by atoms with E-state index in [-0.39, 0.29) is 17.7 Å². The van der Waals surface area contributed by atoms with Gasteiger partial charge in [0.05, 0.1) is 7.11 Å². The van der Waals surface area contributed by atoms with Crippen LogP contribution in [0.3, 0.4) is 0 Å². The normalized spacial score (nSPS) is 11.2. The lowest BCUT2D eigenvalue weighted by molar-refractivity contribution is -0.138. The van der Waals surface area contributed by atoms with E-state index in [0.29, 0.717) is 13.0 Å². The third-order valence-electron chi connectivity index (χ3n) is 4.80. The molecule has 28 heavy (non-hydrogen) atoms. The largest absolute Gasteiger partial charge is 0.497 e. The second kappa shape index (κ2) is 9.40. The quantitative estimate of drug-likeness (QED) is 0.674. The minimum Gasteiger partial charge on any atom is -0.497 e. The molecule has 0 saturated heterocycles. The minimum absolute atomic E-state index is 0.274. The topological polar surface area (TPSA) is 67.4 Å². The molecule has 0 aliphatic rings. The van der Waals surface area contributed by atoms with Crippen LogP contribution >= 0.6 is 0 Å². The van der Waals surface area contributed by atoms with Crippen LogP contribution in [0.2, 0.25) is 0 Å². The first kappa shape index (κ1) is 21.5. The first-order chi connectivity index (χ1) is 13.3. The summed E-state index contributed by atoms with van der Waals surface area (Å²) in [4.78, 5) is 25.4. The fraction of sp³-hybridized carbons (Fsp3) is 0.391. The van der Waals surface area contributed by atoms with E-state index >= 15 is 0 Å². The second-order valence-corrected chi connectivity index (χ2v) is 7.68. The number of amides is 2. The summed E-state index contributed by atoms with van der Waals surface area (Å²) in [6.45, 7) is 7.87. The fourth-order valence-electron chi connectivity index (χ4n) is 2.87. The van der Waals surface area contributed by atoms with Crippen molar-refractivity contribution >= 4 is 17.5 Å². The van der Waals surface area contributed by atoms with Crippen LogP contribution < -0.4 is 15.4 Å². The Hall–Kier alpha value is -2.82. The Morgan fingerprint density at radius 2 is 1.75 bits per heavy atom. The first-order valence-electron chi connectivity index (χ1n) is 9.57. The van der Waals surface area contributed by atoms with Crippen LogP contribution in [-0.2, 0) is 16.0 Å². The number of benzene rings is 2. The van der Waals surface area contributed by atoms with Gasteiger partial charge < -0.3 is 15.4 Å². The molecule has 2 aromatic carbocycles. The van der Waals surface area contributed by atoms with Gasteiger partial charge in [0.15, 0.2) is 0 Å². The third-order valence-corrected chi connectivity index (χ3v) is 4.80. The summed E-state index contributed by atoms with van der Waals surface area (Å²) in [6.07, 6.45) is 0.664. The van der Waals surface area contributed by atoms with Crippen molar-refractivity contribution in [3.8, 4) is 5.75 Å². The van der Waals surface area contributed by atoms with E-state index in [0.717, 1.165) is 22.6 Å². The molecule has 0 saturated carbocycles. The SMILES string of the molecule is COc1cccc(CCNC(=O)C(C)(C)C(=O)Nc2ccccc2C(C)C)c1. The van der Waals surface area contributed by atoms with Gasteiger partial charge in [0.2, 0.25) is 11.8 Å². The molecule has 150 valence electrons. The molecular formula is C23H30N2O3. The lowest BCUT2D eigenvalue weighted by Gasteiger charge is -2.24. The maximum Gasteiger partial charge on any atom is 0.239 e. The fourth-order valence-corrected chi connectivity index (χ4v) is 2.87. The molecule has 2 aromatic rings. The average molecular weight is 383 g/mol. The van der Waals surface area contributed by atoms with Crippen molar-refractivity contribution in [1.82, 2.24) is 5.32 Å². The first-order valence-corrected chi connectivity index (χ1v) is 9.57. The molecule has 2 rings (SSSR count). The summed E-state index contributed by atoms with van der Waals surface area (Å²) in [5.41, 5.74) is 1.68. The number of methoxy groups -OCH3 is 1. The summed E-state index contributed by atoms with van der Waals surface area (Å²) < 4.78 is 5.21. The van der Waals surface area contributed by atoms with E-state index in [2.05, 4.69) is 24.5 Å². The molecule has 0 heterocycles. The zero-order chi connectivity index (χ0) is 20.7. The second-order valence-electron chi connectivity index (χ2n) is 7.68. The summed E-state index contributed by atoms with van der Waals surface area (Å²) in [6, 6.07) is 15.4. The zero-order valence-corrected chi connectivity index (χ0v) is 17.3. The van der Waals surface area contributed by atoms with Crippen molar-refractivity contribution in [2.24, 2.45) is 5.41 Å². The zero-order valence-electron chi connectivity index (χ0n) is 17.3. The van der Waals surface area contributed by atoms with E-state index in [9.17, 15) is 9.59 Å². The molecule has 0 aliphatic carbocycles. The highest BCUT2D eigenvalue weighted by atomic mass is 16.5. The number of ether oxygens (including phenoxy) is 1. The highest BCUT2D eigenvalue weighted by molar-refractivity contribution is 6.10. The van der Waals surface area contributed by atoms with E-state index in [1.807, 2.05) is 48.5 Å². The van der Waals surface area contributed by atoms with Gasteiger partial charge in [-0.2, -0.15) is 0 Å². The van der Waals surface area contributed by atoms with Gasteiger partial charge in [-0.15, -0.1) is 0 Å². The molecule has 0 fully saturated rings. The minimum atomic E-state index is -1.18. The van der Waals surface area contributed by atoms with Crippen LogP contribution in [0.1, 0.15) is 44.7 Å². The molecule has 0 bridgehead atoms. The van der Waals surface area contributed by atoms with Gasteiger partial charge in [0.1, 0.15) is 11.2 Å². The molecule has 2 amide bonds. The van der Waals surface area contributed by atoms with Crippen molar-refractivity contribution in [1.29, 1.82) is 0 Å². The molecule has 0 aliphatic heterocycles. The highest BCUT2D eigenvalue weighted by Crippen LogP contribution is 2.26. The standard InChI is InChI=1S/C23H30N2O3/c1-16(2)19-11-6-7-12-20(19)25-22(27)23(3,4)21(26)24-14-13-17-9-8-10-18(15-17)28-5/h6-12,15-16H,13-14H2,1-5H3,(H,24,26)(H,25,27). The van der Waals surface area contributed by atoms with Crippen LogP contribution in [0.15, 0.2) is 48.5 Å². The van der Waals surface area contributed by atoms with E-state index in [1.165, 1.54) is 0 Å². The highest BCUT2D eigenvalue weighted by Gasteiger charge is 2.36. The lowest BCUT2D eigenvalue weighted by atomic mass is 9.90. The van der Waals surface area contributed by atoms with Crippen molar-refractivity contribution in [3.05, 3.63) is 59.7 Å². The number of rotatable bonds is 8. The van der Waals surface area contributed by atoms with Crippen molar-refractivity contribution in [2.75, 3.05) is 19.0 Å². The van der Waals surface area contributed by atoms with Gasteiger partial charge in [-0.1, -0.05) is 44.2 Å². The molecule has 5 nitrogen and oxygen atoms in total. The monoisotopic (exact) mass is 382 g/mol. The van der Waals surface area contributed by atoms with Gasteiger partial charge in [0.25, 0.3) is 0 Å². The van der Waals surface area contributed by atoms with E-state index in [1.54, 1.807) is 21.0 Å². The molecular weight excluding hydrogens is 352 g/mol. The Balaban J connectivity index is 1.97. The lowest BCUT2D eigenvalue weighted by Crippen LogP contribution is -2.45. The van der Waals surface area contributed by atoms with Crippen LogP contribution in [0.25, 0.3) is 0 Å². The number of carbonyl (C=O) groups is 2. The maximum atomic E-state index is 12.8. The van der Waals surface area contributed by atoms with Crippen molar-refractivity contribution < 1.29 is 14.3 Å². The molecule has 0 spiro atoms. The Morgan fingerprint density at radius 3 is 2.43 bits per heavy atom. The Labute approximate surface area is 167 Å². The molecule has 0 unspecified atom stereocenters. The summed E-state index contributed by atoms with van der Waals surface area (Å²) >= 11 is 0. The average Bonchev–Trinajstić information content (AvgIpc) is 2.68. The number of para-hydroxylation sites is 1. The molecule has 2 N–H and O–H groups in total. The van der Waals surface area contributed by atoms with Crippen molar-refractivity contribution in [2.45, 2.75) is 40.0 Å². The Bertz CT molecular complexity index is 828. The summed E-state index contributed by atoms with van der Waals surface area (Å²) in [5.74, 6) is 0.443. The van der Waals surface area contributed by atoms with Gasteiger partial charge in [-0.25, -0.2) is 0 Å². The molecule has 0 aromatic heterocycles. The molecule has 0 atom stereocenters. The molecule has 0 radical (unpaired) electrons. The number of carbonyl (C=O) groups excluding carboxylic acids is 2. The number of hydrogen-bond donors (Lipinski definition) is 2. The van der Waals surface area contributed by atoms with E-state index < -0.39 is 5.41 Å². The van der Waals surface area contributed by atoms with Gasteiger partial charge in [-0.3, -0.25) is 9.59 Å². The smallest absolute Gasteiger partial charge is 0.239 e. The predicted octanol–water partition coefficient (Wildman–Crippen LogP) is 4.14. The van der Waals surface area contributed by atoms with Crippen LogP contribution in [0.5, 0.6) is 5.75 Å².